The maximum absolute atomic E-state index is 6.65. The first-order chi connectivity index (χ1) is 7.60. The first-order valence-electron chi connectivity index (χ1n) is 6.97. The Balaban J connectivity index is 1.90. The van der Waals surface area contributed by atoms with Gasteiger partial charge < -0.3 is 10.5 Å². The third-order valence-corrected chi connectivity index (χ3v) is 4.85. The van der Waals surface area contributed by atoms with Gasteiger partial charge in [0.25, 0.3) is 0 Å². The summed E-state index contributed by atoms with van der Waals surface area (Å²) in [5.74, 6) is 2.38. The van der Waals surface area contributed by atoms with Crippen molar-refractivity contribution in [3.8, 4) is 0 Å². The highest BCUT2D eigenvalue weighted by Gasteiger charge is 2.38. The Hall–Kier alpha value is -0.0800. The quantitative estimate of drug-likeness (QED) is 0.784. The molecule has 1 saturated carbocycles. The van der Waals surface area contributed by atoms with Crippen LogP contribution in [0.3, 0.4) is 0 Å². The van der Waals surface area contributed by atoms with Crippen LogP contribution in [0.15, 0.2) is 0 Å². The lowest BCUT2D eigenvalue weighted by Gasteiger charge is -2.44. The van der Waals surface area contributed by atoms with Crippen molar-refractivity contribution >= 4 is 0 Å². The average Bonchev–Trinajstić information content (AvgIpc) is 2.26. The van der Waals surface area contributed by atoms with Gasteiger partial charge in [0, 0.05) is 18.8 Å². The van der Waals surface area contributed by atoms with Gasteiger partial charge >= 0.3 is 0 Å². The van der Waals surface area contributed by atoms with Crippen molar-refractivity contribution in [2.75, 3.05) is 13.2 Å². The van der Waals surface area contributed by atoms with Crippen LogP contribution in [0, 0.1) is 17.8 Å². The normalized spacial score (nSPS) is 42.2. The molecule has 2 heteroatoms. The number of hydrogen-bond acceptors (Lipinski definition) is 2. The van der Waals surface area contributed by atoms with Gasteiger partial charge in [-0.2, -0.15) is 0 Å². The predicted octanol–water partition coefficient (Wildman–Crippen LogP) is 2.96. The molecule has 2 nitrogen and oxygen atoms in total. The topological polar surface area (TPSA) is 35.2 Å². The van der Waals surface area contributed by atoms with Gasteiger partial charge in [-0.1, -0.05) is 13.8 Å². The summed E-state index contributed by atoms with van der Waals surface area (Å²) < 4.78 is 5.42. The molecule has 94 valence electrons. The van der Waals surface area contributed by atoms with E-state index in [1.165, 1.54) is 38.5 Å². The highest BCUT2D eigenvalue weighted by Crippen LogP contribution is 2.40. The molecule has 0 spiro atoms. The molecule has 2 aliphatic rings. The summed E-state index contributed by atoms with van der Waals surface area (Å²) in [6.45, 7) is 6.62. The summed E-state index contributed by atoms with van der Waals surface area (Å²) in [4.78, 5) is 0. The Labute approximate surface area is 99.9 Å². The fourth-order valence-corrected chi connectivity index (χ4v) is 3.51. The molecule has 0 bridgehead atoms. The minimum absolute atomic E-state index is 0.120. The van der Waals surface area contributed by atoms with Crippen LogP contribution < -0.4 is 5.73 Å². The zero-order chi connectivity index (χ0) is 11.6. The molecule has 2 rings (SSSR count). The van der Waals surface area contributed by atoms with Crippen molar-refractivity contribution in [2.24, 2.45) is 23.5 Å². The molecule has 2 fully saturated rings. The second-order valence-corrected chi connectivity index (χ2v) is 6.27. The van der Waals surface area contributed by atoms with E-state index in [0.717, 1.165) is 25.0 Å². The molecule has 16 heavy (non-hydrogen) atoms. The van der Waals surface area contributed by atoms with E-state index in [1.807, 2.05) is 0 Å². The van der Waals surface area contributed by atoms with Gasteiger partial charge in [-0.05, 0) is 56.3 Å². The Kier molecular flexibility index (Phi) is 3.91. The second kappa shape index (κ2) is 5.05. The first kappa shape index (κ1) is 12.4. The summed E-state index contributed by atoms with van der Waals surface area (Å²) in [7, 11) is 0. The SMILES string of the molecule is CC1CCC(N)(CC2CCOCC2)C(C)C1. The van der Waals surface area contributed by atoms with Crippen LogP contribution in [0.25, 0.3) is 0 Å². The molecule has 1 aliphatic heterocycles. The minimum atomic E-state index is 0.120. The molecular weight excluding hydrogens is 198 g/mol. The fourth-order valence-electron chi connectivity index (χ4n) is 3.51. The van der Waals surface area contributed by atoms with Gasteiger partial charge in [0.15, 0.2) is 0 Å². The molecule has 0 aromatic rings. The molecule has 0 amide bonds. The molecule has 2 N–H and O–H groups in total. The largest absolute Gasteiger partial charge is 0.381 e. The van der Waals surface area contributed by atoms with Crippen LogP contribution in [0.1, 0.15) is 52.4 Å². The molecule has 0 aromatic heterocycles. The molecule has 1 aliphatic carbocycles. The van der Waals surface area contributed by atoms with E-state index in [4.69, 9.17) is 10.5 Å². The molecule has 3 unspecified atom stereocenters. The van der Waals surface area contributed by atoms with Crippen molar-refractivity contribution in [3.63, 3.8) is 0 Å². The molecular formula is C14H27NO. The Morgan fingerprint density at radius 2 is 1.88 bits per heavy atom. The zero-order valence-electron chi connectivity index (χ0n) is 10.9. The zero-order valence-corrected chi connectivity index (χ0v) is 10.9. The molecule has 0 radical (unpaired) electrons. The maximum atomic E-state index is 6.65. The van der Waals surface area contributed by atoms with E-state index in [-0.39, 0.29) is 5.54 Å². The highest BCUT2D eigenvalue weighted by atomic mass is 16.5. The molecule has 1 saturated heterocycles. The number of rotatable bonds is 2. The number of ether oxygens (including phenoxy) is 1. The second-order valence-electron chi connectivity index (χ2n) is 6.27. The molecule has 1 heterocycles. The van der Waals surface area contributed by atoms with Crippen LogP contribution in [0.2, 0.25) is 0 Å². The Morgan fingerprint density at radius 3 is 2.50 bits per heavy atom. The highest BCUT2D eigenvalue weighted by molar-refractivity contribution is 4.95. The lowest BCUT2D eigenvalue weighted by atomic mass is 9.66. The monoisotopic (exact) mass is 225 g/mol. The van der Waals surface area contributed by atoms with E-state index in [1.54, 1.807) is 0 Å². The summed E-state index contributed by atoms with van der Waals surface area (Å²) in [6, 6.07) is 0. The lowest BCUT2D eigenvalue weighted by molar-refractivity contribution is 0.0422. The Bertz CT molecular complexity index is 225. The fraction of sp³-hybridized carbons (Fsp3) is 1.00. The van der Waals surface area contributed by atoms with E-state index >= 15 is 0 Å². The van der Waals surface area contributed by atoms with Crippen molar-refractivity contribution in [2.45, 2.75) is 57.9 Å². The Morgan fingerprint density at radius 1 is 1.19 bits per heavy atom. The van der Waals surface area contributed by atoms with Gasteiger partial charge in [0.1, 0.15) is 0 Å². The third kappa shape index (κ3) is 2.78. The van der Waals surface area contributed by atoms with Crippen LogP contribution in [-0.2, 0) is 4.74 Å². The van der Waals surface area contributed by atoms with Crippen LogP contribution in [0.4, 0.5) is 0 Å². The van der Waals surface area contributed by atoms with E-state index < -0.39 is 0 Å². The summed E-state index contributed by atoms with van der Waals surface area (Å²) in [5, 5.41) is 0. The smallest absolute Gasteiger partial charge is 0.0468 e. The maximum Gasteiger partial charge on any atom is 0.0468 e. The number of hydrogen-bond donors (Lipinski definition) is 1. The van der Waals surface area contributed by atoms with Crippen molar-refractivity contribution < 1.29 is 4.74 Å². The van der Waals surface area contributed by atoms with E-state index in [2.05, 4.69) is 13.8 Å². The van der Waals surface area contributed by atoms with E-state index in [0.29, 0.717) is 5.92 Å². The standard InChI is InChI=1S/C14H27NO/c1-11-3-6-14(15,12(2)9-11)10-13-4-7-16-8-5-13/h11-13H,3-10,15H2,1-2H3. The van der Waals surface area contributed by atoms with Gasteiger partial charge in [-0.3, -0.25) is 0 Å². The first-order valence-corrected chi connectivity index (χ1v) is 6.97. The lowest BCUT2D eigenvalue weighted by Crippen LogP contribution is -2.51. The van der Waals surface area contributed by atoms with Gasteiger partial charge in [0.2, 0.25) is 0 Å². The van der Waals surface area contributed by atoms with Crippen molar-refractivity contribution in [1.82, 2.24) is 0 Å². The predicted molar refractivity (Wildman–Crippen MR) is 67.3 cm³/mol. The van der Waals surface area contributed by atoms with Crippen molar-refractivity contribution in [3.05, 3.63) is 0 Å². The van der Waals surface area contributed by atoms with Crippen LogP contribution in [-0.4, -0.2) is 18.8 Å². The molecule has 3 atom stereocenters. The number of nitrogens with two attached hydrogens (primary N) is 1. The molecule has 0 aromatic carbocycles. The third-order valence-electron chi connectivity index (χ3n) is 4.85. The van der Waals surface area contributed by atoms with E-state index in [9.17, 15) is 0 Å². The van der Waals surface area contributed by atoms with Crippen LogP contribution >= 0.6 is 0 Å². The van der Waals surface area contributed by atoms with Gasteiger partial charge in [-0.15, -0.1) is 0 Å². The van der Waals surface area contributed by atoms with Crippen LogP contribution in [0.5, 0.6) is 0 Å². The minimum Gasteiger partial charge on any atom is -0.381 e. The van der Waals surface area contributed by atoms with Gasteiger partial charge in [-0.25, -0.2) is 0 Å². The summed E-state index contributed by atoms with van der Waals surface area (Å²) in [6.07, 6.45) is 7.54. The average molecular weight is 225 g/mol. The van der Waals surface area contributed by atoms with Gasteiger partial charge in [0.05, 0.1) is 0 Å². The summed E-state index contributed by atoms with van der Waals surface area (Å²) >= 11 is 0. The summed E-state index contributed by atoms with van der Waals surface area (Å²) in [5.41, 5.74) is 6.77. The van der Waals surface area contributed by atoms with Crippen molar-refractivity contribution in [1.29, 1.82) is 0 Å².